The van der Waals surface area contributed by atoms with Crippen molar-refractivity contribution in [2.24, 2.45) is 5.73 Å². The second kappa shape index (κ2) is 7.79. The lowest BCUT2D eigenvalue weighted by atomic mass is 10.0. The number of nitrogens with two attached hydrogens (primary N) is 1. The van der Waals surface area contributed by atoms with Crippen LogP contribution in [0.2, 0.25) is 0 Å². The summed E-state index contributed by atoms with van der Waals surface area (Å²) < 4.78 is 5.60. The summed E-state index contributed by atoms with van der Waals surface area (Å²) in [6, 6.07) is 10.6. The van der Waals surface area contributed by atoms with Crippen molar-refractivity contribution in [1.29, 1.82) is 0 Å². The van der Waals surface area contributed by atoms with Crippen LogP contribution < -0.4 is 10.5 Å². The Balaban J connectivity index is 1.93. The van der Waals surface area contributed by atoms with Gasteiger partial charge in [0.1, 0.15) is 5.75 Å². The fraction of sp³-hybridized carbons (Fsp3) is 0.389. The molecule has 0 aliphatic heterocycles. The number of aromatic nitrogens is 1. The molecule has 0 bridgehead atoms. The fourth-order valence-corrected chi connectivity index (χ4v) is 2.18. The van der Waals surface area contributed by atoms with Gasteiger partial charge in [-0.3, -0.25) is 4.98 Å². The van der Waals surface area contributed by atoms with E-state index in [9.17, 15) is 0 Å². The first-order valence-electron chi connectivity index (χ1n) is 7.58. The van der Waals surface area contributed by atoms with Crippen LogP contribution in [-0.4, -0.2) is 11.6 Å². The maximum atomic E-state index is 6.27. The molecule has 1 unspecified atom stereocenters. The number of pyridine rings is 1. The Morgan fingerprint density at radius 1 is 1.19 bits per heavy atom. The molecule has 2 aromatic rings. The van der Waals surface area contributed by atoms with E-state index in [0.717, 1.165) is 30.6 Å². The Kier molecular flexibility index (Phi) is 5.76. The van der Waals surface area contributed by atoms with Crippen molar-refractivity contribution in [1.82, 2.24) is 4.98 Å². The zero-order valence-electron chi connectivity index (χ0n) is 12.9. The first kappa shape index (κ1) is 15.5. The van der Waals surface area contributed by atoms with Crippen LogP contribution in [0.5, 0.6) is 5.75 Å². The second-order valence-electron chi connectivity index (χ2n) is 5.43. The van der Waals surface area contributed by atoms with Crippen LogP contribution in [0.15, 0.2) is 42.7 Å². The van der Waals surface area contributed by atoms with E-state index in [-0.39, 0.29) is 6.04 Å². The fourth-order valence-electron chi connectivity index (χ4n) is 2.18. The molecule has 1 aromatic carbocycles. The minimum Gasteiger partial charge on any atom is -0.492 e. The van der Waals surface area contributed by atoms with Crippen LogP contribution in [0.1, 0.15) is 42.5 Å². The molecule has 0 aliphatic carbocycles. The Bertz CT molecular complexity index is 551. The molecule has 1 heterocycles. The third-order valence-corrected chi connectivity index (χ3v) is 3.50. The number of aryl methyl sites for hydroxylation is 2. The number of ether oxygens (including phenoxy) is 1. The monoisotopic (exact) mass is 284 g/mol. The lowest BCUT2D eigenvalue weighted by Crippen LogP contribution is -2.12. The van der Waals surface area contributed by atoms with Crippen molar-refractivity contribution in [3.05, 3.63) is 59.4 Å². The van der Waals surface area contributed by atoms with Crippen molar-refractivity contribution < 1.29 is 4.74 Å². The third kappa shape index (κ3) is 4.87. The summed E-state index contributed by atoms with van der Waals surface area (Å²) in [5.74, 6) is 0.806. The van der Waals surface area contributed by atoms with Gasteiger partial charge in [0, 0.05) is 12.2 Å². The number of nitrogens with zero attached hydrogens (tertiary/aromatic N) is 1. The highest BCUT2D eigenvalue weighted by atomic mass is 16.5. The molecule has 2 N–H and O–H groups in total. The van der Waals surface area contributed by atoms with Gasteiger partial charge < -0.3 is 10.5 Å². The molecule has 0 radical (unpaired) electrons. The molecule has 3 nitrogen and oxygen atoms in total. The van der Waals surface area contributed by atoms with E-state index < -0.39 is 0 Å². The highest BCUT2D eigenvalue weighted by Crippen LogP contribution is 2.20. The van der Waals surface area contributed by atoms with Gasteiger partial charge in [-0.25, -0.2) is 0 Å². The van der Waals surface area contributed by atoms with E-state index in [1.165, 1.54) is 11.1 Å². The van der Waals surface area contributed by atoms with Gasteiger partial charge >= 0.3 is 0 Å². The van der Waals surface area contributed by atoms with Crippen molar-refractivity contribution in [3.8, 4) is 5.75 Å². The Morgan fingerprint density at radius 3 is 2.67 bits per heavy atom. The van der Waals surface area contributed by atoms with Crippen LogP contribution in [-0.2, 0) is 6.42 Å². The molecular weight excluding hydrogens is 260 g/mol. The molecule has 0 amide bonds. The van der Waals surface area contributed by atoms with Crippen molar-refractivity contribution in [2.45, 2.75) is 39.2 Å². The standard InChI is InChI=1S/C18H24N2O/c1-3-10-21-17-11-16(12-20-13-17)18(19)9-8-15-6-4-14(2)5-7-15/h4-7,11-13,18H,3,8-10,19H2,1-2H3. The van der Waals surface area contributed by atoms with Gasteiger partial charge in [0.25, 0.3) is 0 Å². The Morgan fingerprint density at radius 2 is 1.95 bits per heavy atom. The molecule has 112 valence electrons. The van der Waals surface area contributed by atoms with Crippen molar-refractivity contribution in [2.75, 3.05) is 6.61 Å². The molecule has 0 fully saturated rings. The van der Waals surface area contributed by atoms with Crippen LogP contribution in [0.4, 0.5) is 0 Å². The van der Waals surface area contributed by atoms with Gasteiger partial charge in [0.2, 0.25) is 0 Å². The average Bonchev–Trinajstić information content (AvgIpc) is 2.52. The lowest BCUT2D eigenvalue weighted by Gasteiger charge is -2.13. The topological polar surface area (TPSA) is 48.1 Å². The molecule has 21 heavy (non-hydrogen) atoms. The van der Waals surface area contributed by atoms with Crippen molar-refractivity contribution >= 4 is 0 Å². The predicted octanol–water partition coefficient (Wildman–Crippen LogP) is 3.81. The molecule has 0 saturated heterocycles. The first-order chi connectivity index (χ1) is 10.2. The van der Waals surface area contributed by atoms with Crippen LogP contribution in [0.25, 0.3) is 0 Å². The third-order valence-electron chi connectivity index (χ3n) is 3.50. The average molecular weight is 284 g/mol. The molecule has 3 heteroatoms. The summed E-state index contributed by atoms with van der Waals surface area (Å²) >= 11 is 0. The summed E-state index contributed by atoms with van der Waals surface area (Å²) in [6.07, 6.45) is 6.44. The summed E-state index contributed by atoms with van der Waals surface area (Å²) in [7, 11) is 0. The Hall–Kier alpha value is -1.87. The minimum absolute atomic E-state index is 0.0102. The van der Waals surface area contributed by atoms with E-state index in [0.29, 0.717) is 6.61 Å². The van der Waals surface area contributed by atoms with Gasteiger partial charge in [-0.2, -0.15) is 0 Å². The maximum absolute atomic E-state index is 6.27. The second-order valence-corrected chi connectivity index (χ2v) is 5.43. The quantitative estimate of drug-likeness (QED) is 0.841. The summed E-state index contributed by atoms with van der Waals surface area (Å²) in [5.41, 5.74) is 9.92. The molecule has 0 saturated carbocycles. The van der Waals surface area contributed by atoms with E-state index >= 15 is 0 Å². The SMILES string of the molecule is CCCOc1cncc(C(N)CCc2ccc(C)cc2)c1. The lowest BCUT2D eigenvalue weighted by molar-refractivity contribution is 0.315. The molecule has 1 aromatic heterocycles. The summed E-state index contributed by atoms with van der Waals surface area (Å²) in [6.45, 7) is 4.90. The van der Waals surface area contributed by atoms with Gasteiger partial charge in [0.15, 0.2) is 0 Å². The smallest absolute Gasteiger partial charge is 0.137 e. The predicted molar refractivity (Wildman–Crippen MR) is 86.5 cm³/mol. The molecule has 1 atom stereocenters. The first-order valence-corrected chi connectivity index (χ1v) is 7.58. The Labute approximate surface area is 127 Å². The van der Waals surface area contributed by atoms with Crippen LogP contribution >= 0.6 is 0 Å². The molecule has 2 rings (SSSR count). The van der Waals surface area contributed by atoms with E-state index in [2.05, 4.69) is 43.1 Å². The number of rotatable bonds is 7. The van der Waals surface area contributed by atoms with Gasteiger partial charge in [0.05, 0.1) is 12.8 Å². The van der Waals surface area contributed by atoms with Crippen LogP contribution in [0, 0.1) is 6.92 Å². The largest absolute Gasteiger partial charge is 0.492 e. The highest BCUT2D eigenvalue weighted by molar-refractivity contribution is 5.26. The van der Waals surface area contributed by atoms with Crippen molar-refractivity contribution in [3.63, 3.8) is 0 Å². The molecular formula is C18H24N2O. The molecule has 0 spiro atoms. The summed E-state index contributed by atoms with van der Waals surface area (Å²) in [4.78, 5) is 4.22. The van der Waals surface area contributed by atoms with E-state index in [1.807, 2.05) is 12.3 Å². The number of hydrogen-bond acceptors (Lipinski definition) is 3. The van der Waals surface area contributed by atoms with E-state index in [1.54, 1.807) is 6.20 Å². The molecule has 0 aliphatic rings. The van der Waals surface area contributed by atoms with Crippen LogP contribution in [0.3, 0.4) is 0 Å². The minimum atomic E-state index is -0.0102. The normalized spacial score (nSPS) is 12.1. The zero-order chi connectivity index (χ0) is 15.1. The summed E-state index contributed by atoms with van der Waals surface area (Å²) in [5, 5.41) is 0. The van der Waals surface area contributed by atoms with Gasteiger partial charge in [-0.15, -0.1) is 0 Å². The van der Waals surface area contributed by atoms with E-state index in [4.69, 9.17) is 10.5 Å². The van der Waals surface area contributed by atoms with Gasteiger partial charge in [-0.1, -0.05) is 36.8 Å². The maximum Gasteiger partial charge on any atom is 0.137 e. The number of hydrogen-bond donors (Lipinski definition) is 1. The zero-order valence-corrected chi connectivity index (χ0v) is 12.9. The highest BCUT2D eigenvalue weighted by Gasteiger charge is 2.08. The van der Waals surface area contributed by atoms with Gasteiger partial charge in [-0.05, 0) is 43.4 Å². The number of benzene rings is 1.